The van der Waals surface area contributed by atoms with Crippen LogP contribution in [0.1, 0.15) is 29.7 Å². The molecule has 0 fully saturated rings. The highest BCUT2D eigenvalue weighted by Crippen LogP contribution is 2.41. The molecule has 1 heterocycles. The van der Waals surface area contributed by atoms with E-state index in [0.717, 1.165) is 21.7 Å². The van der Waals surface area contributed by atoms with E-state index >= 15 is 0 Å². The van der Waals surface area contributed by atoms with Crippen molar-refractivity contribution in [3.63, 3.8) is 0 Å². The van der Waals surface area contributed by atoms with E-state index in [1.807, 2.05) is 98.8 Å². The fourth-order valence-corrected chi connectivity index (χ4v) is 4.55. The summed E-state index contributed by atoms with van der Waals surface area (Å²) in [4.78, 5) is 29.3. The molecule has 1 aliphatic rings. The van der Waals surface area contributed by atoms with Crippen LogP contribution >= 0.6 is 11.8 Å². The maximum atomic E-state index is 13.3. The van der Waals surface area contributed by atoms with E-state index in [1.165, 1.54) is 17.3 Å². The number of nitrogens with zero attached hydrogens (tertiary/aromatic N) is 1. The van der Waals surface area contributed by atoms with Gasteiger partial charge in [0, 0.05) is 4.90 Å². The summed E-state index contributed by atoms with van der Waals surface area (Å²) < 4.78 is 0. The normalized spacial score (nSPS) is 15.5. The van der Waals surface area contributed by atoms with Crippen LogP contribution in [0.25, 0.3) is 6.08 Å². The number of hydrogen-bond donors (Lipinski definition) is 1. The predicted octanol–water partition coefficient (Wildman–Crippen LogP) is 5.35. The molecule has 1 N–H and O–H groups in total. The Morgan fingerprint density at radius 2 is 1.68 bits per heavy atom. The first kappa shape index (κ1) is 20.9. The van der Waals surface area contributed by atoms with Crippen molar-refractivity contribution in [3.05, 3.63) is 100 Å². The van der Waals surface area contributed by atoms with Gasteiger partial charge in [0.1, 0.15) is 6.54 Å². The van der Waals surface area contributed by atoms with E-state index < -0.39 is 0 Å². The van der Waals surface area contributed by atoms with Gasteiger partial charge in [-0.25, -0.2) is 0 Å². The zero-order valence-corrected chi connectivity index (χ0v) is 18.4. The number of carbonyl (C=O) groups excluding carboxylic acids is 2. The number of para-hydroxylation sites is 1. The van der Waals surface area contributed by atoms with Crippen LogP contribution in [-0.2, 0) is 9.59 Å². The number of anilines is 1. The van der Waals surface area contributed by atoms with Gasteiger partial charge in [-0.05, 0) is 43.2 Å². The number of aryl methyl sites for hydroxylation is 1. The quantitative estimate of drug-likeness (QED) is 0.557. The van der Waals surface area contributed by atoms with Crippen molar-refractivity contribution in [3.8, 4) is 0 Å². The third-order valence-corrected chi connectivity index (χ3v) is 6.26. The zero-order valence-electron chi connectivity index (χ0n) is 17.5. The number of hydrogen-bond acceptors (Lipinski definition) is 3. The van der Waals surface area contributed by atoms with Crippen molar-refractivity contribution < 1.29 is 9.59 Å². The highest BCUT2D eigenvalue weighted by atomic mass is 32.2. The Morgan fingerprint density at radius 3 is 2.42 bits per heavy atom. The molecule has 0 saturated heterocycles. The van der Waals surface area contributed by atoms with Crippen LogP contribution < -0.4 is 10.2 Å². The highest BCUT2D eigenvalue weighted by Gasteiger charge is 2.30. The summed E-state index contributed by atoms with van der Waals surface area (Å²) in [6.07, 6.45) is 1.89. The second-order valence-electron chi connectivity index (χ2n) is 7.58. The molecule has 0 saturated carbocycles. The number of thioether (sulfide) groups is 1. The van der Waals surface area contributed by atoms with Crippen molar-refractivity contribution >= 4 is 35.3 Å². The minimum absolute atomic E-state index is 0.0290. The summed E-state index contributed by atoms with van der Waals surface area (Å²) in [5, 5.41) is 3.01. The number of fused-ring (bicyclic) bond motifs is 1. The SMILES string of the molecule is Cc1ccc(/C=C2/Sc3ccccc3N(CC(=O)NC(C)c3ccccc3)C2=O)cc1. The molecule has 0 aromatic heterocycles. The molecule has 1 aliphatic heterocycles. The topological polar surface area (TPSA) is 49.4 Å². The maximum absolute atomic E-state index is 13.3. The van der Waals surface area contributed by atoms with E-state index in [9.17, 15) is 9.59 Å². The smallest absolute Gasteiger partial charge is 0.265 e. The minimum Gasteiger partial charge on any atom is -0.348 e. The van der Waals surface area contributed by atoms with Gasteiger partial charge in [-0.2, -0.15) is 0 Å². The number of nitrogens with one attached hydrogen (secondary N) is 1. The Kier molecular flexibility index (Phi) is 6.23. The molecule has 1 unspecified atom stereocenters. The lowest BCUT2D eigenvalue weighted by Crippen LogP contribution is -2.43. The highest BCUT2D eigenvalue weighted by molar-refractivity contribution is 8.04. The average Bonchev–Trinajstić information content (AvgIpc) is 2.78. The predicted molar refractivity (Wildman–Crippen MR) is 127 cm³/mol. The maximum Gasteiger partial charge on any atom is 0.265 e. The molecule has 0 bridgehead atoms. The number of benzene rings is 3. The molecule has 156 valence electrons. The first-order valence-corrected chi connectivity index (χ1v) is 11.0. The number of carbonyl (C=O) groups is 2. The Hall–Kier alpha value is -3.31. The van der Waals surface area contributed by atoms with Gasteiger partial charge >= 0.3 is 0 Å². The van der Waals surface area contributed by atoms with E-state index in [-0.39, 0.29) is 24.4 Å². The Balaban J connectivity index is 1.57. The van der Waals surface area contributed by atoms with Crippen LogP contribution in [0.3, 0.4) is 0 Å². The number of amides is 2. The van der Waals surface area contributed by atoms with E-state index in [4.69, 9.17) is 0 Å². The summed E-state index contributed by atoms with van der Waals surface area (Å²) in [5.74, 6) is -0.354. The standard InChI is InChI=1S/C26H24N2O2S/c1-18-12-14-20(15-13-18)16-24-26(30)28(22-10-6-7-11-23(22)31-24)17-25(29)27-19(2)21-8-4-3-5-9-21/h3-16,19H,17H2,1-2H3,(H,27,29)/b24-16+. The van der Waals surface area contributed by atoms with Gasteiger partial charge in [-0.1, -0.05) is 84.1 Å². The lowest BCUT2D eigenvalue weighted by molar-refractivity contribution is -0.122. The largest absolute Gasteiger partial charge is 0.348 e. The first-order valence-electron chi connectivity index (χ1n) is 10.2. The zero-order chi connectivity index (χ0) is 21.8. The molecule has 0 radical (unpaired) electrons. The third kappa shape index (κ3) is 4.89. The van der Waals surface area contributed by atoms with Crippen molar-refractivity contribution in [1.82, 2.24) is 5.32 Å². The van der Waals surface area contributed by atoms with Crippen LogP contribution in [-0.4, -0.2) is 18.4 Å². The van der Waals surface area contributed by atoms with Crippen molar-refractivity contribution in [2.75, 3.05) is 11.4 Å². The van der Waals surface area contributed by atoms with Crippen LogP contribution in [0, 0.1) is 6.92 Å². The molecule has 0 spiro atoms. The lowest BCUT2D eigenvalue weighted by atomic mass is 10.1. The molecular formula is C26H24N2O2S. The van der Waals surface area contributed by atoms with Gasteiger partial charge in [0.2, 0.25) is 5.91 Å². The molecule has 3 aromatic carbocycles. The molecular weight excluding hydrogens is 404 g/mol. The summed E-state index contributed by atoms with van der Waals surface area (Å²) in [7, 11) is 0. The molecule has 0 aliphatic carbocycles. The van der Waals surface area contributed by atoms with Gasteiger partial charge in [0.05, 0.1) is 16.6 Å². The molecule has 3 aromatic rings. The molecule has 4 rings (SSSR count). The first-order chi connectivity index (χ1) is 15.0. The van der Waals surface area contributed by atoms with Gasteiger partial charge in [0.25, 0.3) is 5.91 Å². The molecule has 2 amide bonds. The lowest BCUT2D eigenvalue weighted by Gasteiger charge is -2.30. The van der Waals surface area contributed by atoms with Crippen LogP contribution in [0.5, 0.6) is 0 Å². The summed E-state index contributed by atoms with van der Waals surface area (Å²) in [6.45, 7) is 3.95. The van der Waals surface area contributed by atoms with Gasteiger partial charge < -0.3 is 5.32 Å². The van der Waals surface area contributed by atoms with Crippen molar-refractivity contribution in [2.24, 2.45) is 0 Å². The van der Waals surface area contributed by atoms with Crippen molar-refractivity contribution in [1.29, 1.82) is 0 Å². The fourth-order valence-electron chi connectivity index (χ4n) is 3.49. The molecule has 4 nitrogen and oxygen atoms in total. The second kappa shape index (κ2) is 9.23. The van der Waals surface area contributed by atoms with Gasteiger partial charge in [-0.3, -0.25) is 14.5 Å². The second-order valence-corrected chi connectivity index (χ2v) is 8.66. The summed E-state index contributed by atoms with van der Waals surface area (Å²) in [5.41, 5.74) is 3.92. The van der Waals surface area contributed by atoms with E-state index in [0.29, 0.717) is 4.91 Å². The third-order valence-electron chi connectivity index (χ3n) is 5.19. The Morgan fingerprint density at radius 1 is 1.00 bits per heavy atom. The molecule has 5 heteroatoms. The number of rotatable bonds is 5. The fraction of sp³-hybridized carbons (Fsp3) is 0.154. The molecule has 1 atom stereocenters. The van der Waals surface area contributed by atoms with Gasteiger partial charge in [0.15, 0.2) is 0 Å². The van der Waals surface area contributed by atoms with Crippen LogP contribution in [0.15, 0.2) is 88.7 Å². The average molecular weight is 429 g/mol. The van der Waals surface area contributed by atoms with Crippen molar-refractivity contribution in [2.45, 2.75) is 24.8 Å². The summed E-state index contributed by atoms with van der Waals surface area (Å²) in [6, 6.07) is 25.4. The summed E-state index contributed by atoms with van der Waals surface area (Å²) >= 11 is 1.44. The van der Waals surface area contributed by atoms with Gasteiger partial charge in [-0.15, -0.1) is 0 Å². The minimum atomic E-state index is -0.193. The van der Waals surface area contributed by atoms with E-state index in [1.54, 1.807) is 4.90 Å². The monoisotopic (exact) mass is 428 g/mol. The van der Waals surface area contributed by atoms with E-state index in [2.05, 4.69) is 5.32 Å². The van der Waals surface area contributed by atoms with Crippen LogP contribution in [0.4, 0.5) is 5.69 Å². The van der Waals surface area contributed by atoms with Crippen LogP contribution in [0.2, 0.25) is 0 Å². The Labute approximate surface area is 187 Å². The molecule has 31 heavy (non-hydrogen) atoms. The Bertz CT molecular complexity index is 1120.